The molecule has 44 heavy (non-hydrogen) atoms. The predicted molar refractivity (Wildman–Crippen MR) is 160 cm³/mol. The van der Waals surface area contributed by atoms with E-state index in [2.05, 4.69) is 24.8 Å². The van der Waals surface area contributed by atoms with Gasteiger partial charge in [-0.05, 0) is 68.1 Å². The fourth-order valence-electron chi connectivity index (χ4n) is 5.93. The molecule has 7 rings (SSSR count). The van der Waals surface area contributed by atoms with Crippen LogP contribution in [0.2, 0.25) is 0 Å². The summed E-state index contributed by atoms with van der Waals surface area (Å²) in [5, 5.41) is 7.65. The van der Waals surface area contributed by atoms with Crippen molar-refractivity contribution < 1.29 is 18.3 Å². The van der Waals surface area contributed by atoms with Gasteiger partial charge in [-0.2, -0.15) is 9.49 Å². The Hall–Kier alpha value is -4.55. The molecule has 0 atom stereocenters. The molecule has 1 saturated heterocycles. The monoisotopic (exact) mass is 598 g/mol. The van der Waals surface area contributed by atoms with Crippen molar-refractivity contribution in [3.05, 3.63) is 84.1 Å². The molecule has 5 aromatic rings. The van der Waals surface area contributed by atoms with Crippen LogP contribution in [0.4, 0.5) is 14.6 Å². The third-order valence-corrected chi connectivity index (χ3v) is 8.33. The first-order valence-electron chi connectivity index (χ1n) is 14.9. The number of pyridine rings is 1. The largest absolute Gasteiger partial charge is 0.383 e. The number of likely N-dealkylation sites (tertiary alicyclic amines) is 1. The van der Waals surface area contributed by atoms with Crippen molar-refractivity contribution in [2.75, 3.05) is 38.7 Å². The molecule has 1 aliphatic carbocycles. The number of anilines is 1. The summed E-state index contributed by atoms with van der Waals surface area (Å²) in [6, 6.07) is 12.9. The summed E-state index contributed by atoms with van der Waals surface area (Å²) in [5.41, 5.74) is 3.86. The van der Waals surface area contributed by atoms with E-state index in [1.807, 2.05) is 12.1 Å². The van der Waals surface area contributed by atoms with Crippen LogP contribution in [-0.2, 0) is 4.74 Å². The topological polar surface area (TPSA) is 102 Å². The summed E-state index contributed by atoms with van der Waals surface area (Å²) in [7, 11) is 1.73. The van der Waals surface area contributed by atoms with Crippen molar-refractivity contribution in [1.82, 2.24) is 34.0 Å². The normalized spacial score (nSPS) is 16.1. The van der Waals surface area contributed by atoms with E-state index >= 15 is 0 Å². The van der Waals surface area contributed by atoms with Gasteiger partial charge < -0.3 is 19.5 Å². The summed E-state index contributed by atoms with van der Waals surface area (Å²) in [5.74, 6) is 0.177. The van der Waals surface area contributed by atoms with Crippen LogP contribution in [0, 0.1) is 11.8 Å². The number of rotatable bonds is 9. The first kappa shape index (κ1) is 28.2. The summed E-state index contributed by atoms with van der Waals surface area (Å²) < 4.78 is 36.8. The van der Waals surface area contributed by atoms with Crippen molar-refractivity contribution in [3.8, 4) is 22.6 Å². The molecule has 4 aromatic heterocycles. The van der Waals surface area contributed by atoms with Crippen LogP contribution in [0.15, 0.2) is 60.9 Å². The van der Waals surface area contributed by atoms with Gasteiger partial charge in [-0.25, -0.2) is 23.9 Å². The van der Waals surface area contributed by atoms with Gasteiger partial charge in [-0.15, -0.1) is 0 Å². The van der Waals surface area contributed by atoms with E-state index in [1.165, 1.54) is 24.4 Å². The number of benzene rings is 1. The van der Waals surface area contributed by atoms with Gasteiger partial charge in [0.15, 0.2) is 11.5 Å². The number of aromatic nitrogens is 6. The van der Waals surface area contributed by atoms with Crippen LogP contribution in [0.25, 0.3) is 28.3 Å². The minimum Gasteiger partial charge on any atom is -0.383 e. The number of amides is 1. The zero-order chi connectivity index (χ0) is 30.2. The highest BCUT2D eigenvalue weighted by atomic mass is 19.1. The second kappa shape index (κ2) is 11.9. The molecular weight excluding hydrogens is 566 g/mol. The van der Waals surface area contributed by atoms with Crippen LogP contribution < -0.4 is 5.32 Å². The number of carbonyl (C=O) groups excluding carboxylic acids is 1. The van der Waals surface area contributed by atoms with Crippen LogP contribution in [0.1, 0.15) is 53.8 Å². The van der Waals surface area contributed by atoms with Gasteiger partial charge in [0.1, 0.15) is 17.3 Å². The number of nitrogens with zero attached hydrogens (tertiary/aromatic N) is 7. The van der Waals surface area contributed by atoms with E-state index in [0.29, 0.717) is 23.9 Å². The zero-order valence-corrected chi connectivity index (χ0v) is 24.3. The van der Waals surface area contributed by atoms with E-state index in [9.17, 15) is 13.6 Å². The fraction of sp³-hybridized carbons (Fsp3) is 0.344. The summed E-state index contributed by atoms with van der Waals surface area (Å²) >= 11 is 0. The molecule has 0 unspecified atom stereocenters. The highest BCUT2D eigenvalue weighted by Gasteiger charge is 2.36. The summed E-state index contributed by atoms with van der Waals surface area (Å²) in [4.78, 5) is 28.3. The minimum absolute atomic E-state index is 0.136. The van der Waals surface area contributed by atoms with Gasteiger partial charge in [-0.3, -0.25) is 4.79 Å². The summed E-state index contributed by atoms with van der Waals surface area (Å²) in [6.07, 6.45) is 6.98. The smallest absolute Gasteiger partial charge is 0.257 e. The Morgan fingerprint density at radius 3 is 2.55 bits per heavy atom. The molecule has 1 amide bonds. The van der Waals surface area contributed by atoms with E-state index < -0.39 is 11.9 Å². The van der Waals surface area contributed by atoms with E-state index in [4.69, 9.17) is 14.8 Å². The van der Waals surface area contributed by atoms with Crippen molar-refractivity contribution in [2.45, 2.75) is 37.6 Å². The quantitative estimate of drug-likeness (QED) is 0.228. The zero-order valence-electron chi connectivity index (χ0n) is 24.3. The SMILES string of the molecule is COCCN1CCC(n2c(C3CC3)nc(-c3ccc(F)cc3)c2-c2ccc3nc(NC(=O)c4ccnc(F)c4)cn3n2)CC1. The maximum atomic E-state index is 13.9. The number of piperidine rings is 1. The van der Waals surface area contributed by atoms with Crippen LogP contribution in [-0.4, -0.2) is 73.3 Å². The molecule has 12 heteroatoms. The number of nitrogens with one attached hydrogen (secondary N) is 1. The highest BCUT2D eigenvalue weighted by molar-refractivity contribution is 6.03. The molecular formula is C32H32F2N8O2. The first-order valence-corrected chi connectivity index (χ1v) is 14.9. The van der Waals surface area contributed by atoms with Gasteiger partial charge in [0.25, 0.3) is 5.91 Å². The Bertz CT molecular complexity index is 1810. The van der Waals surface area contributed by atoms with Crippen LogP contribution in [0.3, 0.4) is 0 Å². The lowest BCUT2D eigenvalue weighted by Crippen LogP contribution is -2.37. The molecule has 1 aliphatic heterocycles. The molecule has 2 fully saturated rings. The van der Waals surface area contributed by atoms with Crippen molar-refractivity contribution in [2.24, 2.45) is 0 Å². The molecule has 226 valence electrons. The van der Waals surface area contributed by atoms with Gasteiger partial charge in [0.2, 0.25) is 5.95 Å². The number of halogens is 2. The molecule has 5 heterocycles. The van der Waals surface area contributed by atoms with Crippen molar-refractivity contribution in [3.63, 3.8) is 0 Å². The van der Waals surface area contributed by atoms with E-state index in [0.717, 1.165) is 74.2 Å². The van der Waals surface area contributed by atoms with Gasteiger partial charge in [0, 0.05) is 62.1 Å². The lowest BCUT2D eigenvalue weighted by molar-refractivity contribution is 0.102. The average molecular weight is 599 g/mol. The molecule has 2 aliphatic rings. The van der Waals surface area contributed by atoms with Gasteiger partial charge in [-0.1, -0.05) is 0 Å². The van der Waals surface area contributed by atoms with Crippen LogP contribution >= 0.6 is 0 Å². The van der Waals surface area contributed by atoms with Gasteiger partial charge in [0.05, 0.1) is 24.2 Å². The number of carbonyl (C=O) groups is 1. The molecule has 0 spiro atoms. The van der Waals surface area contributed by atoms with Crippen LogP contribution in [0.5, 0.6) is 0 Å². The minimum atomic E-state index is -0.737. The van der Waals surface area contributed by atoms with E-state index in [-0.39, 0.29) is 23.2 Å². The number of imidazole rings is 2. The van der Waals surface area contributed by atoms with Crippen molar-refractivity contribution in [1.29, 1.82) is 0 Å². The number of fused-ring (bicyclic) bond motifs is 1. The lowest BCUT2D eigenvalue weighted by atomic mass is 10.0. The Kier molecular flexibility index (Phi) is 7.61. The number of methoxy groups -OCH3 is 1. The Morgan fingerprint density at radius 1 is 1.02 bits per heavy atom. The Balaban J connectivity index is 1.28. The Morgan fingerprint density at radius 2 is 1.82 bits per heavy atom. The first-order chi connectivity index (χ1) is 21.5. The maximum Gasteiger partial charge on any atom is 0.257 e. The molecule has 10 nitrogen and oxygen atoms in total. The molecule has 1 saturated carbocycles. The number of hydrogen-bond acceptors (Lipinski definition) is 7. The fourth-order valence-corrected chi connectivity index (χ4v) is 5.93. The molecule has 0 bridgehead atoms. The second-order valence-electron chi connectivity index (χ2n) is 11.4. The molecule has 1 aromatic carbocycles. The third-order valence-electron chi connectivity index (χ3n) is 8.33. The average Bonchev–Trinajstić information content (AvgIpc) is 3.69. The van der Waals surface area contributed by atoms with E-state index in [1.54, 1.807) is 30.0 Å². The number of hydrogen-bond donors (Lipinski definition) is 1. The molecule has 1 N–H and O–H groups in total. The summed E-state index contributed by atoms with van der Waals surface area (Å²) in [6.45, 7) is 3.53. The Labute approximate surface area is 252 Å². The number of ether oxygens (including phenoxy) is 1. The molecule has 0 radical (unpaired) electrons. The third kappa shape index (κ3) is 5.70. The lowest BCUT2D eigenvalue weighted by Gasteiger charge is -2.34. The predicted octanol–water partition coefficient (Wildman–Crippen LogP) is 5.35. The second-order valence-corrected chi connectivity index (χ2v) is 11.4. The standard InChI is InChI=1S/C32H32F2N8O2/c1-44-17-16-40-14-11-24(12-15-40)42-30(29(38-31(42)21-2-3-21)20-4-6-23(33)7-5-20)25-8-9-28-36-27(19-41(28)39-25)37-32(43)22-10-13-35-26(34)18-22/h4-10,13,18-19,21,24H,2-3,11-12,14-17H2,1H3,(H,37,43). The maximum absolute atomic E-state index is 13.9. The van der Waals surface area contributed by atoms with Crippen molar-refractivity contribution >= 4 is 17.4 Å². The highest BCUT2D eigenvalue weighted by Crippen LogP contribution is 2.46. The van der Waals surface area contributed by atoms with Gasteiger partial charge >= 0.3 is 0 Å².